The molecule has 3 rings (SSSR count). The van der Waals surface area contributed by atoms with E-state index in [4.69, 9.17) is 0 Å². The Balaban J connectivity index is 1.82. The van der Waals surface area contributed by atoms with Gasteiger partial charge in [-0.05, 0) is 43.3 Å². The van der Waals surface area contributed by atoms with Gasteiger partial charge in [-0.1, -0.05) is 35.9 Å². The summed E-state index contributed by atoms with van der Waals surface area (Å²) < 4.78 is 0. The molecule has 0 atom stereocenters. The molecule has 1 amide bonds. The highest BCUT2D eigenvalue weighted by atomic mass is 16.1. The molecule has 23 heavy (non-hydrogen) atoms. The summed E-state index contributed by atoms with van der Waals surface area (Å²) >= 11 is 0. The maximum absolute atomic E-state index is 12.5. The van der Waals surface area contributed by atoms with Crippen LogP contribution in [0.1, 0.15) is 15.9 Å². The highest BCUT2D eigenvalue weighted by molar-refractivity contribution is 6.07. The van der Waals surface area contributed by atoms with Gasteiger partial charge >= 0.3 is 0 Å². The molecule has 0 unspecified atom stereocenters. The van der Waals surface area contributed by atoms with Crippen LogP contribution in [0.25, 0.3) is 0 Å². The summed E-state index contributed by atoms with van der Waals surface area (Å²) in [7, 11) is 0. The van der Waals surface area contributed by atoms with Crippen molar-refractivity contribution in [3.8, 4) is 0 Å². The second-order valence-corrected chi connectivity index (χ2v) is 5.21. The molecule has 0 radical (unpaired) electrons. The Labute approximate surface area is 135 Å². The first kappa shape index (κ1) is 14.8. The van der Waals surface area contributed by atoms with Gasteiger partial charge in [0.25, 0.3) is 5.91 Å². The third-order valence-electron chi connectivity index (χ3n) is 3.40. The number of rotatable bonds is 4. The van der Waals surface area contributed by atoms with E-state index >= 15 is 0 Å². The smallest absolute Gasteiger partial charge is 0.259 e. The molecule has 2 N–H and O–H groups in total. The molecule has 4 heteroatoms. The number of carbonyl (C=O) groups is 1. The predicted octanol–water partition coefficient (Wildman–Crippen LogP) is 4.39. The van der Waals surface area contributed by atoms with Gasteiger partial charge in [0.1, 0.15) is 5.82 Å². The zero-order valence-corrected chi connectivity index (χ0v) is 12.8. The van der Waals surface area contributed by atoms with Crippen LogP contribution in [0.5, 0.6) is 0 Å². The maximum Gasteiger partial charge on any atom is 0.259 e. The molecule has 0 spiro atoms. The fourth-order valence-electron chi connectivity index (χ4n) is 2.18. The summed E-state index contributed by atoms with van der Waals surface area (Å²) in [5, 5.41) is 6.07. The van der Waals surface area contributed by atoms with Gasteiger partial charge in [-0.25, -0.2) is 4.98 Å². The Morgan fingerprint density at radius 1 is 0.870 bits per heavy atom. The SMILES string of the molecule is Cc1ccc(Nc2ncccc2C(=O)Nc2ccccc2)cc1. The Kier molecular flexibility index (Phi) is 4.34. The summed E-state index contributed by atoms with van der Waals surface area (Å²) in [5.74, 6) is 0.337. The molecule has 1 aromatic heterocycles. The van der Waals surface area contributed by atoms with Crippen LogP contribution in [0.15, 0.2) is 72.9 Å². The highest BCUT2D eigenvalue weighted by Crippen LogP contribution is 2.20. The second-order valence-electron chi connectivity index (χ2n) is 5.21. The number of nitrogens with one attached hydrogen (secondary N) is 2. The van der Waals surface area contributed by atoms with Crippen LogP contribution in [-0.2, 0) is 0 Å². The highest BCUT2D eigenvalue weighted by Gasteiger charge is 2.12. The molecule has 1 heterocycles. The first-order valence-electron chi connectivity index (χ1n) is 7.37. The van der Waals surface area contributed by atoms with Crippen molar-refractivity contribution in [2.75, 3.05) is 10.6 Å². The summed E-state index contributed by atoms with van der Waals surface area (Å²) in [4.78, 5) is 16.8. The summed E-state index contributed by atoms with van der Waals surface area (Å²) in [5.41, 5.74) is 3.32. The first-order chi connectivity index (χ1) is 11.2. The predicted molar refractivity (Wildman–Crippen MR) is 93.1 cm³/mol. The third kappa shape index (κ3) is 3.74. The number of hydrogen-bond donors (Lipinski definition) is 2. The lowest BCUT2D eigenvalue weighted by atomic mass is 10.2. The van der Waals surface area contributed by atoms with E-state index in [0.29, 0.717) is 11.4 Å². The van der Waals surface area contributed by atoms with Gasteiger partial charge in [0.05, 0.1) is 5.56 Å². The normalized spacial score (nSPS) is 10.1. The van der Waals surface area contributed by atoms with Crippen LogP contribution in [0.4, 0.5) is 17.2 Å². The Morgan fingerprint density at radius 3 is 2.35 bits per heavy atom. The Morgan fingerprint density at radius 2 is 1.61 bits per heavy atom. The fourth-order valence-corrected chi connectivity index (χ4v) is 2.18. The summed E-state index contributed by atoms with van der Waals surface area (Å²) in [6.45, 7) is 2.03. The van der Waals surface area contributed by atoms with Crippen LogP contribution in [0, 0.1) is 6.92 Å². The minimum atomic E-state index is -0.195. The largest absolute Gasteiger partial charge is 0.340 e. The Hall–Kier alpha value is -3.14. The number of nitrogens with zero attached hydrogens (tertiary/aromatic N) is 1. The lowest BCUT2D eigenvalue weighted by molar-refractivity contribution is 0.102. The topological polar surface area (TPSA) is 54.0 Å². The molecule has 0 bridgehead atoms. The summed E-state index contributed by atoms with van der Waals surface area (Å²) in [6, 6.07) is 20.8. The van der Waals surface area contributed by atoms with Crippen LogP contribution >= 0.6 is 0 Å². The van der Waals surface area contributed by atoms with Crippen molar-refractivity contribution in [3.05, 3.63) is 84.1 Å². The number of amides is 1. The van der Waals surface area contributed by atoms with Crippen LogP contribution in [0.3, 0.4) is 0 Å². The number of anilines is 3. The number of para-hydroxylation sites is 1. The second kappa shape index (κ2) is 6.75. The van der Waals surface area contributed by atoms with Crippen molar-refractivity contribution in [3.63, 3.8) is 0 Å². The molecular weight excluding hydrogens is 286 g/mol. The minimum Gasteiger partial charge on any atom is -0.340 e. The number of hydrogen-bond acceptors (Lipinski definition) is 3. The van der Waals surface area contributed by atoms with E-state index in [1.54, 1.807) is 18.3 Å². The van der Waals surface area contributed by atoms with Crippen LogP contribution in [-0.4, -0.2) is 10.9 Å². The van der Waals surface area contributed by atoms with E-state index in [2.05, 4.69) is 15.6 Å². The van der Waals surface area contributed by atoms with E-state index in [1.807, 2.05) is 61.5 Å². The van der Waals surface area contributed by atoms with Crippen LogP contribution in [0.2, 0.25) is 0 Å². The van der Waals surface area contributed by atoms with E-state index in [0.717, 1.165) is 11.4 Å². The molecule has 0 fully saturated rings. The number of carbonyl (C=O) groups excluding carboxylic acids is 1. The van der Waals surface area contributed by atoms with Crippen molar-refractivity contribution < 1.29 is 4.79 Å². The lowest BCUT2D eigenvalue weighted by Crippen LogP contribution is -2.14. The molecule has 0 aliphatic carbocycles. The van der Waals surface area contributed by atoms with E-state index in [1.165, 1.54) is 5.56 Å². The van der Waals surface area contributed by atoms with Crippen molar-refractivity contribution in [1.29, 1.82) is 0 Å². The van der Waals surface area contributed by atoms with Gasteiger partial charge in [-0.3, -0.25) is 4.79 Å². The van der Waals surface area contributed by atoms with Crippen molar-refractivity contribution in [2.24, 2.45) is 0 Å². The fraction of sp³-hybridized carbons (Fsp3) is 0.0526. The molecular formula is C19H17N3O. The quantitative estimate of drug-likeness (QED) is 0.751. The molecule has 3 aromatic rings. The monoisotopic (exact) mass is 303 g/mol. The molecule has 0 saturated heterocycles. The average molecular weight is 303 g/mol. The van der Waals surface area contributed by atoms with Gasteiger partial charge in [-0.15, -0.1) is 0 Å². The zero-order valence-electron chi connectivity index (χ0n) is 12.8. The van der Waals surface area contributed by atoms with E-state index in [9.17, 15) is 4.79 Å². The Bertz CT molecular complexity index is 798. The number of aryl methyl sites for hydroxylation is 1. The number of aromatic nitrogens is 1. The third-order valence-corrected chi connectivity index (χ3v) is 3.40. The first-order valence-corrected chi connectivity index (χ1v) is 7.37. The summed E-state index contributed by atoms with van der Waals surface area (Å²) in [6.07, 6.45) is 1.66. The number of benzene rings is 2. The van der Waals surface area contributed by atoms with Gasteiger partial charge in [-0.2, -0.15) is 0 Å². The van der Waals surface area contributed by atoms with E-state index in [-0.39, 0.29) is 5.91 Å². The number of pyridine rings is 1. The molecule has 0 saturated carbocycles. The molecule has 0 aliphatic heterocycles. The van der Waals surface area contributed by atoms with E-state index < -0.39 is 0 Å². The average Bonchev–Trinajstić information content (AvgIpc) is 2.58. The molecule has 114 valence electrons. The van der Waals surface area contributed by atoms with Crippen molar-refractivity contribution in [2.45, 2.75) is 6.92 Å². The molecule has 0 aliphatic rings. The standard InChI is InChI=1S/C19H17N3O/c1-14-9-11-16(12-10-14)21-18-17(8-5-13-20-18)19(23)22-15-6-3-2-4-7-15/h2-13H,1H3,(H,20,21)(H,22,23). The lowest BCUT2D eigenvalue weighted by Gasteiger charge is -2.11. The van der Waals surface area contributed by atoms with Crippen molar-refractivity contribution in [1.82, 2.24) is 4.98 Å². The maximum atomic E-state index is 12.5. The molecule has 2 aromatic carbocycles. The van der Waals surface area contributed by atoms with Gasteiger partial charge in [0.15, 0.2) is 0 Å². The minimum absolute atomic E-state index is 0.195. The molecule has 4 nitrogen and oxygen atoms in total. The van der Waals surface area contributed by atoms with Crippen molar-refractivity contribution >= 4 is 23.1 Å². The van der Waals surface area contributed by atoms with Crippen LogP contribution < -0.4 is 10.6 Å². The van der Waals surface area contributed by atoms with Gasteiger partial charge < -0.3 is 10.6 Å². The van der Waals surface area contributed by atoms with Gasteiger partial charge in [0.2, 0.25) is 0 Å². The zero-order chi connectivity index (χ0) is 16.1. The van der Waals surface area contributed by atoms with Gasteiger partial charge in [0, 0.05) is 17.6 Å².